The van der Waals surface area contributed by atoms with Crippen molar-refractivity contribution in [3.8, 4) is 5.75 Å². The van der Waals surface area contributed by atoms with E-state index >= 15 is 0 Å². The smallest absolute Gasteiger partial charge is 0.404 e. The highest BCUT2D eigenvalue weighted by Gasteiger charge is 2.32. The van der Waals surface area contributed by atoms with E-state index in [0.29, 0.717) is 11.5 Å². The van der Waals surface area contributed by atoms with Gasteiger partial charge in [-0.05, 0) is 24.6 Å². The van der Waals surface area contributed by atoms with Crippen LogP contribution in [0.4, 0.5) is 30.4 Å². The summed E-state index contributed by atoms with van der Waals surface area (Å²) in [6, 6.07) is 7.25. The molecule has 0 saturated carbocycles. The number of nitrogens with one attached hydrogen (secondary N) is 1. The van der Waals surface area contributed by atoms with Crippen LogP contribution in [0.15, 0.2) is 36.5 Å². The van der Waals surface area contributed by atoms with E-state index in [1.54, 1.807) is 19.1 Å². The molecule has 1 aromatic heterocycles. The van der Waals surface area contributed by atoms with Crippen LogP contribution in [0.1, 0.15) is 5.56 Å². The van der Waals surface area contributed by atoms with E-state index in [0.717, 1.165) is 5.56 Å². The molecule has 0 atom stereocenters. The maximum Gasteiger partial charge on any atom is 0.573 e. The van der Waals surface area contributed by atoms with Gasteiger partial charge in [0.25, 0.3) is 0 Å². The van der Waals surface area contributed by atoms with Crippen LogP contribution in [0.3, 0.4) is 0 Å². The van der Waals surface area contributed by atoms with Crippen molar-refractivity contribution in [1.82, 2.24) is 4.98 Å². The fraction of sp³-hybridized carbons (Fsp3) is 0.154. The number of aryl methyl sites for hydroxylation is 1. The van der Waals surface area contributed by atoms with Gasteiger partial charge < -0.3 is 15.8 Å². The topological polar surface area (TPSA) is 60.2 Å². The van der Waals surface area contributed by atoms with E-state index in [2.05, 4.69) is 15.0 Å². The SMILES string of the molecule is Cc1cnc(Nc2ccccc2OC(F)(F)F)cc1N. The van der Waals surface area contributed by atoms with Crippen LogP contribution in [-0.2, 0) is 0 Å². The fourth-order valence-electron chi connectivity index (χ4n) is 1.53. The quantitative estimate of drug-likeness (QED) is 0.903. The second-order valence-electron chi connectivity index (χ2n) is 4.10. The number of nitrogens with two attached hydrogens (primary N) is 1. The molecule has 0 aliphatic rings. The number of alkyl halides is 3. The number of pyridine rings is 1. The fourth-order valence-corrected chi connectivity index (χ4v) is 1.53. The van der Waals surface area contributed by atoms with E-state index in [1.165, 1.54) is 24.4 Å². The predicted octanol–water partition coefficient (Wildman–Crippen LogP) is 3.61. The second-order valence-corrected chi connectivity index (χ2v) is 4.10. The maximum absolute atomic E-state index is 12.3. The number of hydrogen-bond donors (Lipinski definition) is 2. The van der Waals surface area contributed by atoms with Gasteiger partial charge in [-0.2, -0.15) is 0 Å². The lowest BCUT2D eigenvalue weighted by molar-refractivity contribution is -0.274. The molecule has 2 rings (SSSR count). The van der Waals surface area contributed by atoms with Gasteiger partial charge in [-0.3, -0.25) is 0 Å². The van der Waals surface area contributed by atoms with Gasteiger partial charge >= 0.3 is 6.36 Å². The van der Waals surface area contributed by atoms with Crippen LogP contribution >= 0.6 is 0 Å². The Hall–Kier alpha value is -2.44. The van der Waals surface area contributed by atoms with Gasteiger partial charge in [0.2, 0.25) is 0 Å². The molecular formula is C13H12F3N3O. The first-order valence-corrected chi connectivity index (χ1v) is 5.69. The van der Waals surface area contributed by atoms with Gasteiger partial charge in [0, 0.05) is 18.0 Å². The molecule has 0 aliphatic carbocycles. The molecule has 4 nitrogen and oxygen atoms in total. The molecule has 0 aliphatic heterocycles. The zero-order valence-electron chi connectivity index (χ0n) is 10.5. The summed E-state index contributed by atoms with van der Waals surface area (Å²) >= 11 is 0. The molecule has 7 heteroatoms. The van der Waals surface area contributed by atoms with Crippen LogP contribution < -0.4 is 15.8 Å². The Morgan fingerprint density at radius 2 is 1.95 bits per heavy atom. The molecule has 0 radical (unpaired) electrons. The molecule has 3 N–H and O–H groups in total. The number of benzene rings is 1. The standard InChI is InChI=1S/C13H12F3N3O/c1-8-7-18-12(6-9(8)17)19-10-4-2-3-5-11(10)20-13(14,15)16/h2-7H,1H3,(H3,17,18,19). The number of ether oxygens (including phenoxy) is 1. The van der Waals surface area contributed by atoms with E-state index in [1.807, 2.05) is 0 Å². The van der Waals surface area contributed by atoms with Crippen LogP contribution in [0.2, 0.25) is 0 Å². The minimum atomic E-state index is -4.75. The Morgan fingerprint density at radius 3 is 2.60 bits per heavy atom. The third-order valence-electron chi connectivity index (χ3n) is 2.52. The molecule has 1 heterocycles. The van der Waals surface area contributed by atoms with Crippen molar-refractivity contribution >= 4 is 17.2 Å². The van der Waals surface area contributed by atoms with Gasteiger partial charge in [-0.15, -0.1) is 13.2 Å². The summed E-state index contributed by atoms with van der Waals surface area (Å²) in [7, 11) is 0. The largest absolute Gasteiger partial charge is 0.573 e. The van der Waals surface area contributed by atoms with E-state index < -0.39 is 6.36 Å². The number of anilines is 3. The molecule has 0 unspecified atom stereocenters. The maximum atomic E-state index is 12.3. The number of para-hydroxylation sites is 2. The zero-order chi connectivity index (χ0) is 14.8. The Morgan fingerprint density at radius 1 is 1.25 bits per heavy atom. The molecule has 0 amide bonds. The number of nitrogens with zero attached hydrogens (tertiary/aromatic N) is 1. The molecule has 20 heavy (non-hydrogen) atoms. The normalized spacial score (nSPS) is 11.2. The molecular weight excluding hydrogens is 271 g/mol. The summed E-state index contributed by atoms with van der Waals surface area (Å²) in [5, 5.41) is 2.75. The Kier molecular flexibility index (Phi) is 3.69. The molecule has 0 fully saturated rings. The number of nitrogen functional groups attached to an aromatic ring is 1. The minimum Gasteiger partial charge on any atom is -0.404 e. The Bertz CT molecular complexity index is 614. The lowest BCUT2D eigenvalue weighted by atomic mass is 10.2. The predicted molar refractivity (Wildman–Crippen MR) is 69.8 cm³/mol. The summed E-state index contributed by atoms with van der Waals surface area (Å²) < 4.78 is 40.8. The first-order chi connectivity index (χ1) is 9.35. The summed E-state index contributed by atoms with van der Waals surface area (Å²) in [5.74, 6) is 0.00673. The molecule has 0 spiro atoms. The van der Waals surface area contributed by atoms with Crippen molar-refractivity contribution in [2.24, 2.45) is 0 Å². The molecule has 106 valence electrons. The first-order valence-electron chi connectivity index (χ1n) is 5.69. The van der Waals surface area contributed by atoms with Gasteiger partial charge in [-0.1, -0.05) is 12.1 Å². The van der Waals surface area contributed by atoms with Gasteiger partial charge in [-0.25, -0.2) is 4.98 Å². The highest BCUT2D eigenvalue weighted by atomic mass is 19.4. The molecule has 0 bridgehead atoms. The van der Waals surface area contributed by atoms with Gasteiger partial charge in [0.05, 0.1) is 5.69 Å². The molecule has 0 saturated heterocycles. The van der Waals surface area contributed by atoms with Crippen molar-refractivity contribution in [2.45, 2.75) is 13.3 Å². The Balaban J connectivity index is 2.27. The highest BCUT2D eigenvalue weighted by molar-refractivity contribution is 5.66. The minimum absolute atomic E-state index is 0.153. The van der Waals surface area contributed by atoms with Crippen LogP contribution in [0.5, 0.6) is 5.75 Å². The van der Waals surface area contributed by atoms with E-state index in [9.17, 15) is 13.2 Å². The monoisotopic (exact) mass is 283 g/mol. The van der Waals surface area contributed by atoms with Crippen molar-refractivity contribution < 1.29 is 17.9 Å². The van der Waals surface area contributed by atoms with Crippen LogP contribution in [0.25, 0.3) is 0 Å². The van der Waals surface area contributed by atoms with Crippen molar-refractivity contribution in [2.75, 3.05) is 11.1 Å². The summed E-state index contributed by atoms with van der Waals surface area (Å²) in [6.45, 7) is 1.78. The van der Waals surface area contributed by atoms with E-state index in [-0.39, 0.29) is 11.4 Å². The number of halogens is 3. The zero-order valence-corrected chi connectivity index (χ0v) is 10.5. The second kappa shape index (κ2) is 5.28. The Labute approximate surface area is 113 Å². The average Bonchev–Trinajstić information content (AvgIpc) is 2.34. The summed E-state index contributed by atoms with van der Waals surface area (Å²) in [4.78, 5) is 4.04. The van der Waals surface area contributed by atoms with Crippen LogP contribution in [-0.4, -0.2) is 11.3 Å². The third kappa shape index (κ3) is 3.53. The van der Waals surface area contributed by atoms with Crippen molar-refractivity contribution in [3.05, 3.63) is 42.1 Å². The highest BCUT2D eigenvalue weighted by Crippen LogP contribution is 2.31. The number of hydrogen-bond acceptors (Lipinski definition) is 4. The van der Waals surface area contributed by atoms with Crippen LogP contribution in [0, 0.1) is 6.92 Å². The number of aromatic nitrogens is 1. The van der Waals surface area contributed by atoms with Crippen molar-refractivity contribution in [1.29, 1.82) is 0 Å². The van der Waals surface area contributed by atoms with Crippen molar-refractivity contribution in [3.63, 3.8) is 0 Å². The average molecular weight is 283 g/mol. The lowest BCUT2D eigenvalue weighted by Crippen LogP contribution is -2.17. The molecule has 2 aromatic rings. The first kappa shape index (κ1) is 14.0. The molecule has 1 aromatic carbocycles. The van der Waals surface area contributed by atoms with Gasteiger partial charge in [0.1, 0.15) is 5.82 Å². The lowest BCUT2D eigenvalue weighted by Gasteiger charge is -2.14. The third-order valence-corrected chi connectivity index (χ3v) is 2.52. The summed E-state index contributed by atoms with van der Waals surface area (Å²) in [5.41, 5.74) is 7.16. The van der Waals surface area contributed by atoms with Gasteiger partial charge in [0.15, 0.2) is 5.75 Å². The summed E-state index contributed by atoms with van der Waals surface area (Å²) in [6.07, 6.45) is -3.22. The number of rotatable bonds is 3. The van der Waals surface area contributed by atoms with E-state index in [4.69, 9.17) is 5.73 Å².